The van der Waals surface area contributed by atoms with Crippen molar-refractivity contribution < 1.29 is 4.79 Å². The monoisotopic (exact) mass is 186 g/mol. The Balaban J connectivity index is 0.00000121. The van der Waals surface area contributed by atoms with Gasteiger partial charge in [0.15, 0.2) is 0 Å². The molecule has 0 saturated heterocycles. The van der Waals surface area contributed by atoms with Crippen LogP contribution in [0.2, 0.25) is 0 Å². The van der Waals surface area contributed by atoms with E-state index in [4.69, 9.17) is 11.5 Å². The minimum Gasteiger partial charge on any atom is -0.366 e. The topological polar surface area (TPSA) is 69.1 Å². The fourth-order valence-electron chi connectivity index (χ4n) is 0.939. The summed E-state index contributed by atoms with van der Waals surface area (Å²) in [6.45, 7) is 0.346. The molecule has 1 rings (SSSR count). The standard InChI is InChI=1S/C8H10N2O.ClH/c9-5-6-3-1-2-4-7(6)8(10)11;/h1-4H,5,9H2,(H2,10,11);1H. The first-order valence-corrected chi connectivity index (χ1v) is 3.33. The molecule has 0 aromatic heterocycles. The predicted octanol–water partition coefficient (Wildman–Crippen LogP) is 0.666. The van der Waals surface area contributed by atoms with Crippen molar-refractivity contribution in [2.24, 2.45) is 11.5 Å². The highest BCUT2D eigenvalue weighted by atomic mass is 35.5. The van der Waals surface area contributed by atoms with E-state index in [1.54, 1.807) is 18.2 Å². The molecule has 4 heteroatoms. The summed E-state index contributed by atoms with van der Waals surface area (Å²) in [4.78, 5) is 10.7. The lowest BCUT2D eigenvalue weighted by atomic mass is 10.1. The fraction of sp³-hybridized carbons (Fsp3) is 0.125. The number of amides is 1. The smallest absolute Gasteiger partial charge is 0.249 e. The normalized spacial score (nSPS) is 8.75. The second-order valence-corrected chi connectivity index (χ2v) is 2.23. The molecule has 0 bridgehead atoms. The van der Waals surface area contributed by atoms with Gasteiger partial charge in [0.05, 0.1) is 0 Å². The Morgan fingerprint density at radius 3 is 2.33 bits per heavy atom. The van der Waals surface area contributed by atoms with Gasteiger partial charge in [0.25, 0.3) is 0 Å². The van der Waals surface area contributed by atoms with Crippen LogP contribution in [0.1, 0.15) is 15.9 Å². The van der Waals surface area contributed by atoms with E-state index < -0.39 is 5.91 Å². The number of benzene rings is 1. The Hall–Kier alpha value is -1.06. The number of primary amides is 1. The van der Waals surface area contributed by atoms with Gasteiger partial charge in [0.1, 0.15) is 0 Å². The van der Waals surface area contributed by atoms with Crippen molar-refractivity contribution in [3.63, 3.8) is 0 Å². The highest BCUT2D eigenvalue weighted by Gasteiger charge is 2.03. The number of carbonyl (C=O) groups is 1. The van der Waals surface area contributed by atoms with Crippen LogP contribution >= 0.6 is 12.4 Å². The van der Waals surface area contributed by atoms with Crippen molar-refractivity contribution in [2.45, 2.75) is 6.54 Å². The maximum atomic E-state index is 10.7. The van der Waals surface area contributed by atoms with Crippen LogP contribution < -0.4 is 11.5 Å². The van der Waals surface area contributed by atoms with Crippen LogP contribution in [0, 0.1) is 0 Å². The zero-order chi connectivity index (χ0) is 8.27. The van der Waals surface area contributed by atoms with E-state index in [1.807, 2.05) is 6.07 Å². The van der Waals surface area contributed by atoms with Gasteiger partial charge in [-0.3, -0.25) is 4.79 Å². The summed E-state index contributed by atoms with van der Waals surface area (Å²) in [6, 6.07) is 7.05. The molecule has 0 saturated carbocycles. The Labute approximate surface area is 77.2 Å². The third-order valence-corrected chi connectivity index (χ3v) is 1.50. The molecule has 0 heterocycles. The number of carbonyl (C=O) groups excluding carboxylic acids is 1. The van der Waals surface area contributed by atoms with Crippen LogP contribution in [0.5, 0.6) is 0 Å². The second kappa shape index (κ2) is 4.74. The van der Waals surface area contributed by atoms with Gasteiger partial charge in [-0.1, -0.05) is 18.2 Å². The van der Waals surface area contributed by atoms with Gasteiger partial charge in [0, 0.05) is 12.1 Å². The maximum absolute atomic E-state index is 10.7. The van der Waals surface area contributed by atoms with Crippen molar-refractivity contribution in [2.75, 3.05) is 0 Å². The Morgan fingerprint density at radius 1 is 1.33 bits per heavy atom. The molecule has 0 aliphatic heterocycles. The number of rotatable bonds is 2. The SMILES string of the molecule is Cl.NCc1ccccc1C(N)=O. The van der Waals surface area contributed by atoms with Gasteiger partial charge in [0.2, 0.25) is 5.91 Å². The van der Waals surface area contributed by atoms with E-state index >= 15 is 0 Å². The number of halogens is 1. The zero-order valence-electron chi connectivity index (χ0n) is 6.49. The van der Waals surface area contributed by atoms with Gasteiger partial charge >= 0.3 is 0 Å². The summed E-state index contributed by atoms with van der Waals surface area (Å²) in [5.74, 6) is -0.425. The van der Waals surface area contributed by atoms with Crippen LogP contribution in [0.4, 0.5) is 0 Å². The number of hydrogen-bond donors (Lipinski definition) is 2. The molecule has 12 heavy (non-hydrogen) atoms. The summed E-state index contributed by atoms with van der Waals surface area (Å²) in [6.07, 6.45) is 0. The molecule has 1 amide bonds. The Bertz CT molecular complexity index is 276. The van der Waals surface area contributed by atoms with Gasteiger partial charge in [-0.2, -0.15) is 0 Å². The first kappa shape index (κ1) is 10.9. The lowest BCUT2D eigenvalue weighted by Gasteiger charge is -2.01. The average molecular weight is 187 g/mol. The molecule has 0 unspecified atom stereocenters. The molecule has 4 N–H and O–H groups in total. The molecule has 1 aromatic carbocycles. The maximum Gasteiger partial charge on any atom is 0.249 e. The lowest BCUT2D eigenvalue weighted by Crippen LogP contribution is -2.15. The molecular weight excluding hydrogens is 176 g/mol. The number of nitrogens with two attached hydrogens (primary N) is 2. The summed E-state index contributed by atoms with van der Waals surface area (Å²) >= 11 is 0. The molecular formula is C8H11ClN2O. The van der Waals surface area contributed by atoms with Gasteiger partial charge < -0.3 is 11.5 Å². The quantitative estimate of drug-likeness (QED) is 0.713. The average Bonchev–Trinajstić information content (AvgIpc) is 2.04. The molecule has 0 atom stereocenters. The third kappa shape index (κ3) is 2.22. The van der Waals surface area contributed by atoms with Crippen molar-refractivity contribution >= 4 is 18.3 Å². The van der Waals surface area contributed by atoms with E-state index in [2.05, 4.69) is 0 Å². The first-order chi connectivity index (χ1) is 5.25. The molecule has 0 aliphatic rings. The van der Waals surface area contributed by atoms with Gasteiger partial charge in [-0.05, 0) is 11.6 Å². The van der Waals surface area contributed by atoms with E-state index in [0.29, 0.717) is 12.1 Å². The zero-order valence-corrected chi connectivity index (χ0v) is 7.30. The molecule has 66 valence electrons. The van der Waals surface area contributed by atoms with Gasteiger partial charge in [-0.15, -0.1) is 12.4 Å². The van der Waals surface area contributed by atoms with E-state index in [-0.39, 0.29) is 12.4 Å². The minimum atomic E-state index is -0.425. The predicted molar refractivity (Wildman–Crippen MR) is 50.1 cm³/mol. The molecule has 0 radical (unpaired) electrons. The fourth-order valence-corrected chi connectivity index (χ4v) is 0.939. The van der Waals surface area contributed by atoms with Crippen LogP contribution in [-0.2, 0) is 6.54 Å². The molecule has 0 aliphatic carbocycles. The largest absolute Gasteiger partial charge is 0.366 e. The van der Waals surface area contributed by atoms with Crippen molar-refractivity contribution in [3.8, 4) is 0 Å². The molecule has 1 aromatic rings. The van der Waals surface area contributed by atoms with E-state index in [1.165, 1.54) is 0 Å². The van der Waals surface area contributed by atoms with Crippen molar-refractivity contribution in [1.82, 2.24) is 0 Å². The van der Waals surface area contributed by atoms with Crippen molar-refractivity contribution in [3.05, 3.63) is 35.4 Å². The second-order valence-electron chi connectivity index (χ2n) is 2.23. The highest BCUT2D eigenvalue weighted by Crippen LogP contribution is 2.05. The van der Waals surface area contributed by atoms with Crippen molar-refractivity contribution in [1.29, 1.82) is 0 Å². The minimum absolute atomic E-state index is 0. The molecule has 3 nitrogen and oxygen atoms in total. The third-order valence-electron chi connectivity index (χ3n) is 1.50. The van der Waals surface area contributed by atoms with Gasteiger partial charge in [-0.25, -0.2) is 0 Å². The van der Waals surface area contributed by atoms with E-state index in [9.17, 15) is 4.79 Å². The van der Waals surface area contributed by atoms with Crippen LogP contribution in [0.15, 0.2) is 24.3 Å². The summed E-state index contributed by atoms with van der Waals surface area (Å²) in [5.41, 5.74) is 11.8. The summed E-state index contributed by atoms with van der Waals surface area (Å²) < 4.78 is 0. The van der Waals surface area contributed by atoms with Crippen LogP contribution in [0.3, 0.4) is 0 Å². The highest BCUT2D eigenvalue weighted by molar-refractivity contribution is 5.94. The molecule has 0 fully saturated rings. The first-order valence-electron chi connectivity index (χ1n) is 3.33. The number of hydrogen-bond acceptors (Lipinski definition) is 2. The molecule has 0 spiro atoms. The lowest BCUT2D eigenvalue weighted by molar-refractivity contribution is 0.0999. The van der Waals surface area contributed by atoms with Crippen LogP contribution in [-0.4, -0.2) is 5.91 Å². The Kier molecular flexibility index (Phi) is 4.33. The Morgan fingerprint density at radius 2 is 1.92 bits per heavy atom. The summed E-state index contributed by atoms with van der Waals surface area (Å²) in [7, 11) is 0. The van der Waals surface area contributed by atoms with Crippen LogP contribution in [0.25, 0.3) is 0 Å². The summed E-state index contributed by atoms with van der Waals surface area (Å²) in [5, 5.41) is 0. The van der Waals surface area contributed by atoms with E-state index in [0.717, 1.165) is 5.56 Å².